The summed E-state index contributed by atoms with van der Waals surface area (Å²) in [4.78, 5) is 35.9. The zero-order chi connectivity index (χ0) is 24.4. The lowest BCUT2D eigenvalue weighted by molar-refractivity contribution is -0.123. The molecule has 2 aliphatic heterocycles. The first-order chi connectivity index (χ1) is 17.0. The molecule has 2 aromatic carbocycles. The van der Waals surface area contributed by atoms with Crippen LogP contribution in [0, 0.1) is 5.92 Å². The van der Waals surface area contributed by atoms with E-state index in [2.05, 4.69) is 35.2 Å². The highest BCUT2D eigenvalue weighted by Gasteiger charge is 2.20. The van der Waals surface area contributed by atoms with E-state index >= 15 is 0 Å². The van der Waals surface area contributed by atoms with E-state index in [1.165, 1.54) is 0 Å². The van der Waals surface area contributed by atoms with Crippen molar-refractivity contribution < 1.29 is 4.79 Å². The number of rotatable bonds is 4. The number of amides is 1. The molecule has 2 aliphatic rings. The fourth-order valence-corrected chi connectivity index (χ4v) is 3.76. The Morgan fingerprint density at radius 3 is 1.94 bits per heavy atom. The van der Waals surface area contributed by atoms with Gasteiger partial charge in [-0.25, -0.2) is 9.97 Å². The lowest BCUT2D eigenvalue weighted by Gasteiger charge is -2.09. The number of allylic oxidation sites excluding steroid dienone is 2. The molecule has 4 heterocycles. The second-order valence-corrected chi connectivity index (χ2v) is 8.50. The van der Waals surface area contributed by atoms with Crippen molar-refractivity contribution in [3.8, 4) is 0 Å². The Labute approximate surface area is 202 Å². The van der Waals surface area contributed by atoms with Gasteiger partial charge in [0, 0.05) is 5.92 Å². The van der Waals surface area contributed by atoms with Gasteiger partial charge in [-0.1, -0.05) is 38.1 Å². The molecule has 0 saturated heterocycles. The third kappa shape index (κ3) is 4.61. The summed E-state index contributed by atoms with van der Waals surface area (Å²) in [5.41, 5.74) is 12.5. The number of nitrogens with one attached hydrogen (secondary N) is 3. The van der Waals surface area contributed by atoms with Crippen LogP contribution in [0.4, 0.5) is 0 Å². The quantitative estimate of drug-likeness (QED) is 0.367. The number of nitrogens with two attached hydrogens (primary N) is 1. The number of aromatic nitrogens is 4. The van der Waals surface area contributed by atoms with Crippen LogP contribution in [0.3, 0.4) is 0 Å². The van der Waals surface area contributed by atoms with Gasteiger partial charge in [0.25, 0.3) is 0 Å². The fraction of sp³-hybridized carbons (Fsp3) is 0.192. The number of aromatic amines is 2. The SMILES string of the molecule is CC(C)C(=O)NC1=CCN=C1c1nc2ccccc2[nH]1.NC1=CCN=C1c1nc2ccccc2[nH]1. The molecule has 5 N–H and O–H groups in total. The molecule has 0 aliphatic carbocycles. The maximum absolute atomic E-state index is 11.8. The van der Waals surface area contributed by atoms with Crippen LogP contribution in [0.1, 0.15) is 25.5 Å². The molecule has 0 bridgehead atoms. The van der Waals surface area contributed by atoms with Gasteiger partial charge in [-0.15, -0.1) is 0 Å². The molecule has 4 aromatic rings. The van der Waals surface area contributed by atoms with E-state index < -0.39 is 0 Å². The first-order valence-corrected chi connectivity index (χ1v) is 11.5. The van der Waals surface area contributed by atoms with Crippen LogP contribution in [-0.2, 0) is 4.79 Å². The summed E-state index contributed by atoms with van der Waals surface area (Å²) in [6.45, 7) is 4.95. The van der Waals surface area contributed by atoms with E-state index in [4.69, 9.17) is 5.73 Å². The molecule has 6 rings (SSSR count). The summed E-state index contributed by atoms with van der Waals surface area (Å²) >= 11 is 0. The third-order valence-electron chi connectivity index (χ3n) is 5.64. The standard InChI is InChI=1S/C15H16N4O.C11H10N4/c1-9(2)15(20)19-12-7-8-16-13(12)14-17-10-5-3-4-6-11(10)18-14;12-7-5-6-13-10(7)11-14-8-3-1-2-4-9(8)15-11/h3-7,9H,8H2,1-2H3,(H,17,18)(H,19,20);1-5H,6,12H2,(H,14,15). The maximum Gasteiger partial charge on any atom is 0.226 e. The summed E-state index contributed by atoms with van der Waals surface area (Å²) in [5, 5.41) is 2.90. The van der Waals surface area contributed by atoms with Crippen LogP contribution < -0.4 is 11.1 Å². The molecule has 0 fully saturated rings. The predicted octanol–water partition coefficient (Wildman–Crippen LogP) is 3.23. The van der Waals surface area contributed by atoms with E-state index in [1.54, 1.807) is 0 Å². The van der Waals surface area contributed by atoms with Crippen LogP contribution in [0.15, 0.2) is 82.1 Å². The van der Waals surface area contributed by atoms with E-state index in [-0.39, 0.29) is 11.8 Å². The van der Waals surface area contributed by atoms with Crippen LogP contribution in [0.5, 0.6) is 0 Å². The van der Waals surface area contributed by atoms with Crippen molar-refractivity contribution in [1.29, 1.82) is 0 Å². The van der Waals surface area contributed by atoms with Crippen LogP contribution in [0.25, 0.3) is 22.1 Å². The van der Waals surface area contributed by atoms with Crippen molar-refractivity contribution in [2.75, 3.05) is 13.1 Å². The lowest BCUT2D eigenvalue weighted by Crippen LogP contribution is -2.30. The zero-order valence-corrected chi connectivity index (χ0v) is 19.5. The van der Waals surface area contributed by atoms with Gasteiger partial charge in [0.05, 0.1) is 46.6 Å². The Morgan fingerprint density at radius 2 is 1.40 bits per heavy atom. The summed E-state index contributed by atoms with van der Waals surface area (Å²) in [7, 11) is 0. The highest BCUT2D eigenvalue weighted by atomic mass is 16.1. The Hall–Kier alpha value is -4.53. The van der Waals surface area contributed by atoms with Gasteiger partial charge in [-0.05, 0) is 36.4 Å². The maximum atomic E-state index is 11.8. The zero-order valence-electron chi connectivity index (χ0n) is 19.5. The number of para-hydroxylation sites is 4. The molecule has 9 nitrogen and oxygen atoms in total. The summed E-state index contributed by atoms with van der Waals surface area (Å²) in [6.07, 6.45) is 3.80. The Balaban J connectivity index is 0.000000151. The number of aliphatic imine (C=N–C) groups is 2. The molecule has 0 radical (unpaired) electrons. The van der Waals surface area contributed by atoms with Crippen LogP contribution in [0.2, 0.25) is 0 Å². The highest BCUT2D eigenvalue weighted by Crippen LogP contribution is 2.16. The number of hydrogen-bond donors (Lipinski definition) is 4. The number of hydrogen-bond acceptors (Lipinski definition) is 6. The predicted molar refractivity (Wildman–Crippen MR) is 138 cm³/mol. The molecular weight excluding hydrogens is 440 g/mol. The molecule has 2 aromatic heterocycles. The van der Waals surface area contributed by atoms with Gasteiger partial charge in [0.15, 0.2) is 11.6 Å². The minimum Gasteiger partial charge on any atom is -0.397 e. The molecule has 0 spiro atoms. The Kier molecular flexibility index (Phi) is 5.97. The molecular formula is C26H26N8O. The fourth-order valence-electron chi connectivity index (χ4n) is 3.76. The average Bonchev–Trinajstić information content (AvgIpc) is 3.64. The van der Waals surface area contributed by atoms with Crippen LogP contribution >= 0.6 is 0 Å². The second-order valence-electron chi connectivity index (χ2n) is 8.50. The van der Waals surface area contributed by atoms with Gasteiger partial charge < -0.3 is 21.0 Å². The van der Waals surface area contributed by atoms with E-state index in [1.807, 2.05) is 74.5 Å². The summed E-state index contributed by atoms with van der Waals surface area (Å²) in [5.74, 6) is 1.37. The number of benzene rings is 2. The van der Waals surface area contributed by atoms with E-state index in [0.29, 0.717) is 24.6 Å². The number of fused-ring (bicyclic) bond motifs is 2. The molecule has 35 heavy (non-hydrogen) atoms. The first-order valence-electron chi connectivity index (χ1n) is 11.5. The van der Waals surface area contributed by atoms with Crippen molar-refractivity contribution in [3.63, 3.8) is 0 Å². The van der Waals surface area contributed by atoms with Crippen molar-refractivity contribution >= 4 is 39.4 Å². The smallest absolute Gasteiger partial charge is 0.226 e. The van der Waals surface area contributed by atoms with Crippen molar-refractivity contribution in [2.45, 2.75) is 13.8 Å². The topological polar surface area (TPSA) is 137 Å². The first kappa shape index (κ1) is 22.3. The molecule has 0 unspecified atom stereocenters. The molecule has 0 saturated carbocycles. The van der Waals surface area contributed by atoms with Crippen LogP contribution in [-0.4, -0.2) is 50.4 Å². The van der Waals surface area contributed by atoms with E-state index in [0.717, 1.165) is 45.0 Å². The van der Waals surface area contributed by atoms with Crippen molar-refractivity contribution in [2.24, 2.45) is 21.6 Å². The number of imidazole rings is 2. The number of H-pyrrole nitrogens is 2. The summed E-state index contributed by atoms with van der Waals surface area (Å²) < 4.78 is 0. The number of carbonyl (C=O) groups excluding carboxylic acids is 1. The molecule has 176 valence electrons. The van der Waals surface area contributed by atoms with Gasteiger partial charge in [0.2, 0.25) is 5.91 Å². The number of carbonyl (C=O) groups is 1. The Morgan fingerprint density at radius 1 is 0.857 bits per heavy atom. The lowest BCUT2D eigenvalue weighted by atomic mass is 10.2. The van der Waals surface area contributed by atoms with Gasteiger partial charge in [-0.3, -0.25) is 14.8 Å². The monoisotopic (exact) mass is 466 g/mol. The third-order valence-corrected chi connectivity index (χ3v) is 5.64. The second kappa shape index (κ2) is 9.38. The van der Waals surface area contributed by atoms with E-state index in [9.17, 15) is 4.79 Å². The van der Waals surface area contributed by atoms with Gasteiger partial charge in [0.1, 0.15) is 11.4 Å². The Bertz CT molecular complexity index is 1470. The normalized spacial score (nSPS) is 14.9. The molecule has 0 atom stereocenters. The highest BCUT2D eigenvalue weighted by molar-refractivity contribution is 6.14. The van der Waals surface area contributed by atoms with Crippen molar-refractivity contribution in [1.82, 2.24) is 25.3 Å². The van der Waals surface area contributed by atoms with Crippen molar-refractivity contribution in [3.05, 3.63) is 83.7 Å². The minimum atomic E-state index is -0.0616. The minimum absolute atomic E-state index is 0.0121. The molecule has 1 amide bonds. The van der Waals surface area contributed by atoms with Gasteiger partial charge in [-0.2, -0.15) is 0 Å². The average molecular weight is 467 g/mol. The largest absolute Gasteiger partial charge is 0.397 e. The summed E-state index contributed by atoms with van der Waals surface area (Å²) in [6, 6.07) is 15.7. The molecule has 9 heteroatoms. The number of nitrogens with zero attached hydrogens (tertiary/aromatic N) is 4. The van der Waals surface area contributed by atoms with Gasteiger partial charge >= 0.3 is 0 Å².